The second-order valence-corrected chi connectivity index (χ2v) is 16.2. The van der Waals surface area contributed by atoms with Crippen LogP contribution < -0.4 is 21.3 Å². The quantitative estimate of drug-likeness (QED) is 0.0317. The van der Waals surface area contributed by atoms with Gasteiger partial charge in [0.2, 0.25) is 17.7 Å². The molecule has 1 atom stereocenters. The second-order valence-electron chi connectivity index (χ2n) is 16.2. The molecule has 5 amide bonds. The number of Topliss-reactive ketones (excluding diaryl/α,β-unsaturated/α-hetero) is 1. The zero-order chi connectivity index (χ0) is 44.7. The van der Waals surface area contributed by atoms with Gasteiger partial charge in [0.25, 0.3) is 24.1 Å². The van der Waals surface area contributed by atoms with Crippen LogP contribution in [-0.4, -0.2) is 79.1 Å². The summed E-state index contributed by atoms with van der Waals surface area (Å²) in [5.41, 5.74) is 1.62. The van der Waals surface area contributed by atoms with Crippen LogP contribution in [0.3, 0.4) is 0 Å². The number of oxazole rings is 1. The normalized spacial score (nSPS) is 16.0. The van der Waals surface area contributed by atoms with Crippen LogP contribution in [0.2, 0.25) is 0 Å². The first-order valence-electron chi connectivity index (χ1n) is 21.6. The molecule has 1 aliphatic carbocycles. The minimum atomic E-state index is -2.98. The van der Waals surface area contributed by atoms with Gasteiger partial charge in [0.1, 0.15) is 18.1 Å². The lowest BCUT2D eigenvalue weighted by Gasteiger charge is -2.27. The van der Waals surface area contributed by atoms with Crippen LogP contribution >= 0.6 is 0 Å². The molecule has 0 spiro atoms. The zero-order valence-electron chi connectivity index (χ0n) is 34.9. The van der Waals surface area contributed by atoms with Gasteiger partial charge in [-0.1, -0.05) is 38.2 Å². The van der Waals surface area contributed by atoms with E-state index in [4.69, 9.17) is 4.42 Å². The molecule has 16 nitrogen and oxygen atoms in total. The van der Waals surface area contributed by atoms with Gasteiger partial charge < -0.3 is 20.4 Å². The van der Waals surface area contributed by atoms with Gasteiger partial charge in [-0.2, -0.15) is 5.10 Å². The number of rotatable bonds is 21. The molecule has 3 aliphatic rings. The van der Waals surface area contributed by atoms with Crippen molar-refractivity contribution in [2.75, 3.05) is 29.0 Å². The Kier molecular flexibility index (Phi) is 13.3. The monoisotopic (exact) mass is 875 g/mol. The third-order valence-corrected chi connectivity index (χ3v) is 11.5. The molecular weight excluding hydrogens is 829 g/mol. The van der Waals surface area contributed by atoms with E-state index in [0.29, 0.717) is 47.2 Å². The molecule has 0 radical (unpaired) electrons. The SMILES string of the molecule is O=C1CCC(N2C(=O)c3cccc(NCCCCCCCCCC(=O)c4ccc(-n5cc(NC(=O)c6coc(-c7ccnc(NCC8CC8)c7)n6)c(C(F)F)n5)cc4)c3C2=O)C(=O)N1. The molecular formula is C46H47F2N9O7. The molecule has 2 aliphatic heterocycles. The molecule has 1 saturated heterocycles. The molecule has 1 unspecified atom stereocenters. The number of pyridine rings is 1. The number of nitrogens with one attached hydrogen (secondary N) is 4. The van der Waals surface area contributed by atoms with Crippen molar-refractivity contribution in [2.24, 2.45) is 5.92 Å². The number of imide groups is 2. The number of unbranched alkanes of at least 4 members (excludes halogenated alkanes) is 6. The Labute approximate surface area is 366 Å². The molecule has 332 valence electrons. The van der Waals surface area contributed by atoms with Gasteiger partial charge in [-0.15, -0.1) is 0 Å². The van der Waals surface area contributed by atoms with Crippen LogP contribution in [0.1, 0.15) is 131 Å². The minimum Gasteiger partial charge on any atom is -0.444 e. The van der Waals surface area contributed by atoms with Crippen LogP contribution in [0, 0.1) is 5.92 Å². The molecule has 5 heterocycles. The first-order valence-corrected chi connectivity index (χ1v) is 21.6. The van der Waals surface area contributed by atoms with Crippen molar-refractivity contribution in [1.82, 2.24) is 30.0 Å². The van der Waals surface area contributed by atoms with Crippen molar-refractivity contribution in [3.8, 4) is 17.1 Å². The number of piperidine rings is 1. The Morgan fingerprint density at radius 1 is 0.875 bits per heavy atom. The van der Waals surface area contributed by atoms with Crippen LogP contribution in [0.4, 0.5) is 26.0 Å². The van der Waals surface area contributed by atoms with E-state index in [1.165, 1.54) is 23.7 Å². The number of hydrogen-bond donors (Lipinski definition) is 4. The van der Waals surface area contributed by atoms with E-state index in [-0.39, 0.29) is 47.0 Å². The molecule has 18 heteroatoms. The Hall–Kier alpha value is -7.11. The maximum atomic E-state index is 14.1. The average Bonchev–Trinajstić information content (AvgIpc) is 3.70. The molecule has 1 saturated carbocycles. The highest BCUT2D eigenvalue weighted by molar-refractivity contribution is 6.25. The first-order chi connectivity index (χ1) is 31.0. The van der Waals surface area contributed by atoms with E-state index in [2.05, 4.69) is 36.3 Å². The van der Waals surface area contributed by atoms with E-state index >= 15 is 0 Å². The summed E-state index contributed by atoms with van der Waals surface area (Å²) >= 11 is 0. The van der Waals surface area contributed by atoms with Crippen molar-refractivity contribution in [2.45, 2.75) is 89.5 Å². The fourth-order valence-corrected chi connectivity index (χ4v) is 7.83. The number of hydrogen-bond acceptors (Lipinski definition) is 12. The predicted octanol–water partition coefficient (Wildman–Crippen LogP) is 7.75. The van der Waals surface area contributed by atoms with Gasteiger partial charge in [-0.25, -0.2) is 23.4 Å². The number of anilines is 3. The van der Waals surface area contributed by atoms with Crippen LogP contribution in [0.5, 0.6) is 0 Å². The highest BCUT2D eigenvalue weighted by Gasteiger charge is 2.45. The first kappa shape index (κ1) is 43.5. The lowest BCUT2D eigenvalue weighted by Crippen LogP contribution is -2.54. The van der Waals surface area contributed by atoms with Gasteiger partial charge in [0.05, 0.1) is 28.7 Å². The van der Waals surface area contributed by atoms with E-state index in [1.54, 1.807) is 60.8 Å². The number of fused-ring (bicyclic) bond motifs is 1. The van der Waals surface area contributed by atoms with E-state index in [0.717, 1.165) is 62.7 Å². The summed E-state index contributed by atoms with van der Waals surface area (Å²) in [5, 5.41) is 15.2. The van der Waals surface area contributed by atoms with E-state index in [1.807, 2.05) is 0 Å². The second kappa shape index (κ2) is 19.5. The largest absolute Gasteiger partial charge is 0.444 e. The highest BCUT2D eigenvalue weighted by Crippen LogP contribution is 2.33. The topological polar surface area (TPSA) is 211 Å². The van der Waals surface area contributed by atoms with Gasteiger partial charge in [0.15, 0.2) is 17.2 Å². The van der Waals surface area contributed by atoms with Crippen LogP contribution in [0.15, 0.2) is 77.7 Å². The van der Waals surface area contributed by atoms with E-state index in [9.17, 15) is 37.5 Å². The number of halogens is 2. The summed E-state index contributed by atoms with van der Waals surface area (Å²) in [6.45, 7) is 1.41. The van der Waals surface area contributed by atoms with Crippen molar-refractivity contribution in [3.05, 3.63) is 101 Å². The Morgan fingerprint density at radius 3 is 2.39 bits per heavy atom. The number of carbonyl (C=O) groups excluding carboxylic acids is 6. The van der Waals surface area contributed by atoms with Gasteiger partial charge >= 0.3 is 0 Å². The third-order valence-electron chi connectivity index (χ3n) is 11.5. The molecule has 8 rings (SSSR count). The number of carbonyl (C=O) groups is 6. The summed E-state index contributed by atoms with van der Waals surface area (Å²) in [6.07, 6.45) is 10.3. The number of benzene rings is 2. The number of aromatic nitrogens is 4. The molecule has 0 bridgehead atoms. The molecule has 64 heavy (non-hydrogen) atoms. The van der Waals surface area contributed by atoms with Crippen molar-refractivity contribution in [1.29, 1.82) is 0 Å². The van der Waals surface area contributed by atoms with Crippen LogP contribution in [0.25, 0.3) is 17.1 Å². The summed E-state index contributed by atoms with van der Waals surface area (Å²) in [4.78, 5) is 85.9. The predicted molar refractivity (Wildman–Crippen MR) is 230 cm³/mol. The molecule has 3 aromatic heterocycles. The maximum absolute atomic E-state index is 14.1. The van der Waals surface area contributed by atoms with Crippen molar-refractivity contribution < 1.29 is 42.0 Å². The summed E-state index contributed by atoms with van der Waals surface area (Å²) in [6, 6.07) is 13.9. The van der Waals surface area contributed by atoms with Crippen molar-refractivity contribution in [3.63, 3.8) is 0 Å². The zero-order valence-corrected chi connectivity index (χ0v) is 34.9. The Bertz CT molecular complexity index is 2570. The molecule has 2 aromatic carbocycles. The summed E-state index contributed by atoms with van der Waals surface area (Å²) in [7, 11) is 0. The Morgan fingerprint density at radius 2 is 1.64 bits per heavy atom. The lowest BCUT2D eigenvalue weighted by molar-refractivity contribution is -0.136. The fourth-order valence-electron chi connectivity index (χ4n) is 7.83. The van der Waals surface area contributed by atoms with E-state index < -0.39 is 47.7 Å². The molecule has 2 fully saturated rings. The number of alkyl halides is 2. The number of amides is 5. The van der Waals surface area contributed by atoms with Gasteiger partial charge in [-0.05, 0) is 86.6 Å². The number of nitrogens with zero attached hydrogens (tertiary/aromatic N) is 5. The van der Waals surface area contributed by atoms with Gasteiger partial charge in [0, 0.05) is 48.9 Å². The fraction of sp³-hybridized carbons (Fsp3) is 0.370. The third kappa shape index (κ3) is 10.1. The minimum absolute atomic E-state index is 0.0309. The van der Waals surface area contributed by atoms with Crippen LogP contribution in [-0.2, 0) is 9.59 Å². The molecule has 5 aromatic rings. The smallest absolute Gasteiger partial charge is 0.284 e. The number of ketones is 1. The maximum Gasteiger partial charge on any atom is 0.284 e. The Balaban J connectivity index is 0.743. The van der Waals surface area contributed by atoms with Gasteiger partial charge in [-0.3, -0.25) is 39.0 Å². The summed E-state index contributed by atoms with van der Waals surface area (Å²) < 4.78 is 34.9. The van der Waals surface area contributed by atoms with Crippen molar-refractivity contribution >= 4 is 52.5 Å². The molecule has 4 N–H and O–H groups in total. The standard InChI is InChI=1S/C46H47F2N9O7/c47-41(48)40-33(52-42(60)34-26-64-44(53-34)29-20-22-50-37(23-29)51-24-27-12-13-27)25-56(55-40)30-16-14-28(15-17-30)36(58)11-6-4-2-1-3-5-7-21-49-32-10-8-9-31-39(32)46(63)57(45(31)62)35-18-19-38(59)54-43(35)61/h8-10,14-17,20,22-23,25-27,35,41,49H,1-7,11-13,18-19,21,24H2,(H,50,51)(H,52,60)(H,54,59,61). The highest BCUT2D eigenvalue weighted by atomic mass is 19.3. The summed E-state index contributed by atoms with van der Waals surface area (Å²) in [5.74, 6) is -1.45. The lowest BCUT2D eigenvalue weighted by atomic mass is 10.0. The average molecular weight is 876 g/mol.